The maximum absolute atomic E-state index is 13.4. The van der Waals surface area contributed by atoms with E-state index in [4.69, 9.17) is 5.11 Å². The van der Waals surface area contributed by atoms with Crippen LogP contribution < -0.4 is 0 Å². The molecule has 4 fully saturated rings. The van der Waals surface area contributed by atoms with Gasteiger partial charge in [0.15, 0.2) is 5.78 Å². The van der Waals surface area contributed by atoms with Crippen molar-refractivity contribution in [1.82, 2.24) is 9.80 Å². The molecular weight excluding hydrogens is 364 g/mol. The monoisotopic (exact) mass is 392 g/mol. The second kappa shape index (κ2) is 6.84. The summed E-state index contributed by atoms with van der Waals surface area (Å²) >= 11 is 0. The molecule has 28 heavy (non-hydrogen) atoms. The Kier molecular flexibility index (Phi) is 4.86. The van der Waals surface area contributed by atoms with Gasteiger partial charge in [0.05, 0.1) is 23.6 Å². The van der Waals surface area contributed by atoms with Crippen molar-refractivity contribution in [2.45, 2.75) is 42.9 Å². The van der Waals surface area contributed by atoms with E-state index in [1.54, 1.807) is 0 Å². The van der Waals surface area contributed by atoms with E-state index in [0.717, 1.165) is 5.56 Å². The first kappa shape index (κ1) is 19.9. The summed E-state index contributed by atoms with van der Waals surface area (Å²) in [6.45, 7) is 3.00. The van der Waals surface area contributed by atoms with Crippen molar-refractivity contribution in [3.8, 4) is 0 Å². The Morgan fingerprint density at radius 2 is 1.57 bits per heavy atom. The lowest BCUT2D eigenvalue weighted by atomic mass is 9.58. The minimum atomic E-state index is -1.67. The van der Waals surface area contributed by atoms with Gasteiger partial charge in [0.2, 0.25) is 0 Å². The summed E-state index contributed by atoms with van der Waals surface area (Å²) in [6, 6.07) is 9.65. The minimum Gasteiger partial charge on any atom is -0.394 e. The van der Waals surface area contributed by atoms with E-state index in [0.29, 0.717) is 26.2 Å². The highest BCUT2D eigenvalue weighted by molar-refractivity contribution is 5.97. The van der Waals surface area contributed by atoms with Gasteiger partial charge in [0.25, 0.3) is 0 Å². The summed E-state index contributed by atoms with van der Waals surface area (Å²) in [6.07, 6.45) is -6.77. The Labute approximate surface area is 163 Å². The summed E-state index contributed by atoms with van der Waals surface area (Å²) in [5.41, 5.74) is -0.307. The van der Waals surface area contributed by atoms with Gasteiger partial charge in [0.1, 0.15) is 24.4 Å². The Bertz CT molecular complexity index is 727. The molecule has 5 N–H and O–H groups in total. The quantitative estimate of drug-likeness (QED) is 0.373. The Hall–Kier alpha value is -1.39. The fourth-order valence-corrected chi connectivity index (χ4v) is 5.49. The largest absolute Gasteiger partial charge is 0.394 e. The third kappa shape index (κ3) is 2.75. The van der Waals surface area contributed by atoms with Crippen LogP contribution >= 0.6 is 0 Å². The molecule has 0 aliphatic carbocycles. The van der Waals surface area contributed by atoms with Crippen LogP contribution in [-0.2, 0) is 10.2 Å². The zero-order valence-corrected chi connectivity index (χ0v) is 15.8. The number of rotatable bonds is 6. The van der Waals surface area contributed by atoms with Crippen LogP contribution in [-0.4, -0.2) is 104 Å². The van der Waals surface area contributed by atoms with E-state index in [2.05, 4.69) is 0 Å². The first-order valence-corrected chi connectivity index (χ1v) is 9.65. The highest BCUT2D eigenvalue weighted by atomic mass is 16.4. The number of aliphatic hydroxyl groups excluding tert-OH is 5. The van der Waals surface area contributed by atoms with Gasteiger partial charge in [-0.25, -0.2) is 0 Å². The van der Waals surface area contributed by atoms with Gasteiger partial charge < -0.3 is 25.5 Å². The van der Waals surface area contributed by atoms with Gasteiger partial charge in [-0.1, -0.05) is 37.3 Å². The summed E-state index contributed by atoms with van der Waals surface area (Å²) in [7, 11) is 0. The molecule has 6 unspecified atom stereocenters. The number of benzene rings is 1. The molecule has 0 amide bonds. The molecule has 4 saturated heterocycles. The molecule has 0 saturated carbocycles. The van der Waals surface area contributed by atoms with Crippen LogP contribution in [0.1, 0.15) is 12.5 Å². The molecule has 4 aliphatic heterocycles. The second-order valence-corrected chi connectivity index (χ2v) is 8.78. The minimum absolute atomic E-state index is 0.211. The number of hydrogen-bond acceptors (Lipinski definition) is 8. The van der Waals surface area contributed by atoms with Crippen LogP contribution in [0.3, 0.4) is 0 Å². The molecule has 4 heterocycles. The topological polar surface area (TPSA) is 125 Å². The van der Waals surface area contributed by atoms with Crippen molar-refractivity contribution < 1.29 is 30.3 Å². The molecule has 6 atom stereocenters. The number of carbonyl (C=O) groups excluding carboxylic acids is 1. The van der Waals surface area contributed by atoms with Crippen molar-refractivity contribution in [1.29, 1.82) is 0 Å². The smallest absolute Gasteiger partial charge is 0.154 e. The lowest BCUT2D eigenvalue weighted by Gasteiger charge is -2.66. The average molecular weight is 392 g/mol. The van der Waals surface area contributed by atoms with Crippen molar-refractivity contribution in [3.05, 3.63) is 35.9 Å². The van der Waals surface area contributed by atoms with Gasteiger partial charge >= 0.3 is 0 Å². The van der Waals surface area contributed by atoms with E-state index in [9.17, 15) is 25.2 Å². The predicted molar refractivity (Wildman–Crippen MR) is 99.3 cm³/mol. The molecule has 8 nitrogen and oxygen atoms in total. The number of carbonyl (C=O) groups is 1. The Balaban J connectivity index is 1.64. The number of hydrogen-bond donors (Lipinski definition) is 5. The number of ketones is 1. The van der Waals surface area contributed by atoms with Crippen molar-refractivity contribution in [3.63, 3.8) is 0 Å². The number of piperidine rings is 2. The van der Waals surface area contributed by atoms with Crippen molar-refractivity contribution >= 4 is 5.78 Å². The third-order valence-electron chi connectivity index (χ3n) is 6.69. The lowest BCUT2D eigenvalue weighted by molar-refractivity contribution is -0.219. The Morgan fingerprint density at radius 1 is 1.00 bits per heavy atom. The number of Topliss-reactive ketones (excluding diaryl/α,β-unsaturated/α-hetero) is 1. The molecule has 4 bridgehead atoms. The van der Waals surface area contributed by atoms with Crippen LogP contribution in [0.2, 0.25) is 0 Å². The van der Waals surface area contributed by atoms with Crippen molar-refractivity contribution in [2.24, 2.45) is 5.41 Å². The SMILES string of the molecule is CC12CN3CC(c4ccccc4)(CN(C1)C3C(O)C(O)C(O)C(O)CO)C2=O. The van der Waals surface area contributed by atoms with Gasteiger partial charge in [0, 0.05) is 26.2 Å². The molecule has 1 aromatic carbocycles. The third-order valence-corrected chi connectivity index (χ3v) is 6.69. The van der Waals surface area contributed by atoms with Crippen LogP contribution in [0.25, 0.3) is 0 Å². The highest BCUT2D eigenvalue weighted by Gasteiger charge is 2.65. The molecule has 1 aromatic rings. The van der Waals surface area contributed by atoms with Crippen LogP contribution in [0.15, 0.2) is 30.3 Å². The van der Waals surface area contributed by atoms with Crippen LogP contribution in [0.4, 0.5) is 0 Å². The van der Waals surface area contributed by atoms with Gasteiger partial charge in [-0.3, -0.25) is 14.6 Å². The molecule has 4 aliphatic rings. The normalized spacial score (nSPS) is 40.9. The van der Waals surface area contributed by atoms with Gasteiger partial charge in [-0.05, 0) is 5.56 Å². The van der Waals surface area contributed by atoms with Crippen LogP contribution in [0.5, 0.6) is 0 Å². The van der Waals surface area contributed by atoms with Gasteiger partial charge in [-0.2, -0.15) is 0 Å². The maximum Gasteiger partial charge on any atom is 0.154 e. The summed E-state index contributed by atoms with van der Waals surface area (Å²) < 4.78 is 0. The predicted octanol–water partition coefficient (Wildman–Crippen LogP) is -2.09. The molecule has 0 aromatic heterocycles. The highest BCUT2D eigenvalue weighted by Crippen LogP contribution is 2.50. The molecule has 154 valence electrons. The molecule has 5 rings (SSSR count). The second-order valence-electron chi connectivity index (χ2n) is 8.78. The fraction of sp³-hybridized carbons (Fsp3) is 0.650. The van der Waals surface area contributed by atoms with Gasteiger partial charge in [-0.15, -0.1) is 0 Å². The average Bonchev–Trinajstić information content (AvgIpc) is 2.69. The first-order chi connectivity index (χ1) is 13.2. The van der Waals surface area contributed by atoms with E-state index >= 15 is 0 Å². The molecule has 0 spiro atoms. The lowest BCUT2D eigenvalue weighted by Crippen LogP contribution is -2.82. The van der Waals surface area contributed by atoms with Crippen LogP contribution in [0, 0.1) is 5.41 Å². The molecular formula is C20H28N2O6. The Morgan fingerprint density at radius 3 is 2.11 bits per heavy atom. The standard InChI is InChI=1S/C20H28N2O6/c1-19-8-21-10-20(18(19)28,12-5-3-2-4-6-12)11-22(9-19)17(21)16(27)15(26)14(25)13(24)7-23/h2-6,13-17,23-27H,7-11H2,1H3. The van der Waals surface area contributed by atoms with E-state index < -0.39 is 48.0 Å². The zero-order chi connectivity index (χ0) is 20.3. The maximum atomic E-state index is 13.4. The summed E-state index contributed by atoms with van der Waals surface area (Å²) in [5.74, 6) is 0.211. The zero-order valence-electron chi connectivity index (χ0n) is 15.8. The first-order valence-electron chi connectivity index (χ1n) is 9.65. The summed E-state index contributed by atoms with van der Waals surface area (Å²) in [4.78, 5) is 17.4. The van der Waals surface area contributed by atoms with Crippen molar-refractivity contribution in [2.75, 3.05) is 32.8 Å². The molecule has 8 heteroatoms. The fourth-order valence-electron chi connectivity index (χ4n) is 5.49. The summed E-state index contributed by atoms with van der Waals surface area (Å²) in [5, 5.41) is 49.8. The van der Waals surface area contributed by atoms with E-state index in [1.165, 1.54) is 0 Å². The van der Waals surface area contributed by atoms with E-state index in [1.807, 2.05) is 47.1 Å². The number of nitrogens with zero attached hydrogens (tertiary/aromatic N) is 2. The number of aliphatic hydroxyl groups is 5. The van der Waals surface area contributed by atoms with E-state index in [-0.39, 0.29) is 5.78 Å². The molecule has 0 radical (unpaired) electrons.